The summed E-state index contributed by atoms with van der Waals surface area (Å²) in [4.78, 5) is 33.9. The minimum Gasteiger partial charge on any atom is -0.353 e. The van der Waals surface area contributed by atoms with E-state index >= 15 is 0 Å². The van der Waals surface area contributed by atoms with Gasteiger partial charge in [0.05, 0.1) is 24.7 Å². The summed E-state index contributed by atoms with van der Waals surface area (Å²) >= 11 is 0. The van der Waals surface area contributed by atoms with E-state index in [2.05, 4.69) is 29.0 Å². The van der Waals surface area contributed by atoms with Crippen molar-refractivity contribution in [1.82, 2.24) is 20.1 Å². The number of carbonyl (C=O) groups is 2. The topological polar surface area (TPSA) is 65.5 Å². The fraction of sp³-hybridized carbons (Fsp3) is 0.650. The van der Waals surface area contributed by atoms with Crippen molar-refractivity contribution in [3.05, 3.63) is 30.1 Å². The van der Waals surface area contributed by atoms with E-state index in [0.29, 0.717) is 25.0 Å². The van der Waals surface area contributed by atoms with E-state index in [1.54, 1.807) is 6.20 Å². The minimum absolute atomic E-state index is 0.0121. The highest BCUT2D eigenvalue weighted by atomic mass is 16.2. The first-order valence-corrected chi connectivity index (χ1v) is 9.75. The Balaban J connectivity index is 1.65. The highest BCUT2D eigenvalue weighted by molar-refractivity contribution is 5.89. The van der Waals surface area contributed by atoms with E-state index in [9.17, 15) is 9.59 Å². The van der Waals surface area contributed by atoms with E-state index in [-0.39, 0.29) is 24.3 Å². The molecule has 0 aromatic carbocycles. The molecule has 1 atom stereocenters. The lowest BCUT2D eigenvalue weighted by Gasteiger charge is -2.36. The molecule has 142 valence electrons. The van der Waals surface area contributed by atoms with Gasteiger partial charge in [-0.3, -0.25) is 19.5 Å². The Morgan fingerprint density at radius 2 is 2.19 bits per heavy atom. The number of pyridine rings is 1. The van der Waals surface area contributed by atoms with Crippen LogP contribution in [0.5, 0.6) is 0 Å². The molecule has 3 rings (SSSR count). The molecular weight excluding hydrogens is 328 g/mol. The SMILES string of the molecule is CC(C)CCN1CCNC(=O)[C@@H]1CC(=O)N(Cc1ccccn1)C1CC1. The molecule has 0 bridgehead atoms. The third kappa shape index (κ3) is 5.04. The van der Waals surface area contributed by atoms with Crippen molar-refractivity contribution in [1.29, 1.82) is 0 Å². The fourth-order valence-corrected chi connectivity index (χ4v) is 3.43. The molecule has 26 heavy (non-hydrogen) atoms. The Kier molecular flexibility index (Phi) is 6.25. The Morgan fingerprint density at radius 3 is 2.85 bits per heavy atom. The first-order chi connectivity index (χ1) is 12.5. The molecule has 1 saturated carbocycles. The Labute approximate surface area is 156 Å². The zero-order valence-corrected chi connectivity index (χ0v) is 15.9. The number of piperazine rings is 1. The monoisotopic (exact) mass is 358 g/mol. The number of hydrogen-bond acceptors (Lipinski definition) is 4. The van der Waals surface area contributed by atoms with Gasteiger partial charge in [-0.05, 0) is 43.9 Å². The van der Waals surface area contributed by atoms with Crippen LogP contribution in [0.25, 0.3) is 0 Å². The molecule has 6 heteroatoms. The molecule has 0 spiro atoms. The molecular formula is C20H30N4O2. The number of amides is 2. The van der Waals surface area contributed by atoms with Gasteiger partial charge in [0.1, 0.15) is 0 Å². The molecule has 1 N–H and O–H groups in total. The normalized spacial score (nSPS) is 20.9. The highest BCUT2D eigenvalue weighted by Gasteiger charge is 2.37. The Hall–Kier alpha value is -1.95. The van der Waals surface area contributed by atoms with Gasteiger partial charge in [-0.15, -0.1) is 0 Å². The van der Waals surface area contributed by atoms with Gasteiger partial charge in [-0.25, -0.2) is 0 Å². The van der Waals surface area contributed by atoms with Crippen molar-refractivity contribution < 1.29 is 9.59 Å². The molecule has 1 aliphatic heterocycles. The molecule has 6 nitrogen and oxygen atoms in total. The predicted molar refractivity (Wildman–Crippen MR) is 100 cm³/mol. The molecule has 2 heterocycles. The standard InChI is InChI=1S/C20H30N4O2/c1-15(2)8-11-23-12-10-22-20(26)18(23)13-19(25)24(17-6-7-17)14-16-5-3-4-9-21-16/h3-5,9,15,17-18H,6-8,10-14H2,1-2H3,(H,22,26)/t18-/m0/s1. The van der Waals surface area contributed by atoms with Crippen molar-refractivity contribution in [2.45, 2.75) is 58.2 Å². The molecule has 2 aliphatic rings. The van der Waals surface area contributed by atoms with Gasteiger partial charge in [-0.2, -0.15) is 0 Å². The third-order valence-electron chi connectivity index (χ3n) is 5.17. The van der Waals surface area contributed by atoms with E-state index < -0.39 is 0 Å². The van der Waals surface area contributed by atoms with E-state index in [0.717, 1.165) is 38.0 Å². The summed E-state index contributed by atoms with van der Waals surface area (Å²) in [7, 11) is 0. The lowest BCUT2D eigenvalue weighted by atomic mass is 10.0. The zero-order valence-electron chi connectivity index (χ0n) is 15.9. The molecule has 1 aliphatic carbocycles. The van der Waals surface area contributed by atoms with Crippen molar-refractivity contribution in [2.75, 3.05) is 19.6 Å². The number of nitrogens with zero attached hydrogens (tertiary/aromatic N) is 3. The zero-order chi connectivity index (χ0) is 18.5. The number of aromatic nitrogens is 1. The number of nitrogens with one attached hydrogen (secondary N) is 1. The Morgan fingerprint density at radius 1 is 1.38 bits per heavy atom. The van der Waals surface area contributed by atoms with Gasteiger partial charge in [-0.1, -0.05) is 19.9 Å². The van der Waals surface area contributed by atoms with Crippen LogP contribution in [-0.2, 0) is 16.1 Å². The first-order valence-electron chi connectivity index (χ1n) is 9.75. The summed E-state index contributed by atoms with van der Waals surface area (Å²) in [5.41, 5.74) is 0.900. The molecule has 2 amide bonds. The van der Waals surface area contributed by atoms with E-state index in [1.807, 2.05) is 23.1 Å². The molecule has 1 saturated heterocycles. The summed E-state index contributed by atoms with van der Waals surface area (Å²) < 4.78 is 0. The molecule has 1 aromatic heterocycles. The molecule has 2 fully saturated rings. The van der Waals surface area contributed by atoms with Gasteiger partial charge >= 0.3 is 0 Å². The van der Waals surface area contributed by atoms with Crippen molar-refractivity contribution >= 4 is 11.8 Å². The van der Waals surface area contributed by atoms with Crippen LogP contribution in [0.2, 0.25) is 0 Å². The van der Waals surface area contributed by atoms with Gasteiger partial charge in [0.15, 0.2) is 0 Å². The van der Waals surface area contributed by atoms with Gasteiger partial charge < -0.3 is 10.2 Å². The maximum Gasteiger partial charge on any atom is 0.237 e. The van der Waals surface area contributed by atoms with Crippen LogP contribution < -0.4 is 5.32 Å². The summed E-state index contributed by atoms with van der Waals surface area (Å²) in [6.45, 7) is 7.26. The van der Waals surface area contributed by atoms with Gasteiger partial charge in [0, 0.05) is 25.3 Å². The quantitative estimate of drug-likeness (QED) is 0.770. The maximum absolute atomic E-state index is 13.0. The van der Waals surface area contributed by atoms with Crippen molar-refractivity contribution in [2.24, 2.45) is 5.92 Å². The summed E-state index contributed by atoms with van der Waals surface area (Å²) in [5.74, 6) is 0.639. The van der Waals surface area contributed by atoms with Crippen molar-refractivity contribution in [3.63, 3.8) is 0 Å². The average molecular weight is 358 g/mol. The largest absolute Gasteiger partial charge is 0.353 e. The lowest BCUT2D eigenvalue weighted by Crippen LogP contribution is -2.57. The maximum atomic E-state index is 13.0. The predicted octanol–water partition coefficient (Wildman–Crippen LogP) is 1.81. The average Bonchev–Trinajstić information content (AvgIpc) is 3.46. The number of carbonyl (C=O) groups excluding carboxylic acids is 2. The Bertz CT molecular complexity index is 615. The third-order valence-corrected chi connectivity index (χ3v) is 5.17. The second-order valence-corrected chi connectivity index (χ2v) is 7.80. The van der Waals surface area contributed by atoms with Crippen molar-refractivity contribution in [3.8, 4) is 0 Å². The highest BCUT2D eigenvalue weighted by Crippen LogP contribution is 2.29. The second kappa shape index (κ2) is 8.62. The van der Waals surface area contributed by atoms with Crippen LogP contribution in [0.1, 0.15) is 45.2 Å². The number of rotatable bonds is 8. The minimum atomic E-state index is -0.347. The smallest absolute Gasteiger partial charge is 0.237 e. The summed E-state index contributed by atoms with van der Waals surface area (Å²) in [6, 6.07) is 5.73. The molecule has 0 radical (unpaired) electrons. The van der Waals surface area contributed by atoms with E-state index in [4.69, 9.17) is 0 Å². The van der Waals surface area contributed by atoms with Crippen LogP contribution in [0.15, 0.2) is 24.4 Å². The summed E-state index contributed by atoms with van der Waals surface area (Å²) in [6.07, 6.45) is 5.15. The summed E-state index contributed by atoms with van der Waals surface area (Å²) in [5, 5.41) is 2.92. The first kappa shape index (κ1) is 18.8. The van der Waals surface area contributed by atoms with Gasteiger partial charge in [0.25, 0.3) is 0 Å². The van der Waals surface area contributed by atoms with Crippen LogP contribution in [0.3, 0.4) is 0 Å². The van der Waals surface area contributed by atoms with Crippen LogP contribution >= 0.6 is 0 Å². The van der Waals surface area contributed by atoms with Crippen LogP contribution in [0.4, 0.5) is 0 Å². The van der Waals surface area contributed by atoms with E-state index in [1.165, 1.54) is 0 Å². The molecule has 0 unspecified atom stereocenters. The number of hydrogen-bond donors (Lipinski definition) is 1. The van der Waals surface area contributed by atoms with Crippen LogP contribution in [-0.4, -0.2) is 58.3 Å². The molecule has 1 aromatic rings. The second-order valence-electron chi connectivity index (χ2n) is 7.80. The van der Waals surface area contributed by atoms with Gasteiger partial charge in [0.2, 0.25) is 11.8 Å². The van der Waals surface area contributed by atoms with Crippen LogP contribution in [0, 0.1) is 5.92 Å². The fourth-order valence-electron chi connectivity index (χ4n) is 3.43. The lowest BCUT2D eigenvalue weighted by molar-refractivity contribution is -0.139.